The van der Waals surface area contributed by atoms with Crippen LogP contribution in [0.25, 0.3) is 5.69 Å². The topological polar surface area (TPSA) is 85.2 Å². The van der Waals surface area contributed by atoms with Crippen molar-refractivity contribution in [2.45, 2.75) is 13.5 Å². The van der Waals surface area contributed by atoms with Crippen molar-refractivity contribution in [2.75, 3.05) is 31.2 Å². The molecule has 8 heteroatoms. The molecule has 28 heavy (non-hydrogen) atoms. The van der Waals surface area contributed by atoms with Gasteiger partial charge in [-0.3, -0.25) is 4.79 Å². The molecule has 0 aliphatic carbocycles. The number of rotatable bonds is 5. The Morgan fingerprint density at radius 1 is 1.11 bits per heavy atom. The van der Waals surface area contributed by atoms with Gasteiger partial charge >= 0.3 is 0 Å². The summed E-state index contributed by atoms with van der Waals surface area (Å²) in [4.78, 5) is 20.7. The number of anilines is 1. The van der Waals surface area contributed by atoms with E-state index in [-0.39, 0.29) is 5.91 Å². The van der Waals surface area contributed by atoms with Crippen LogP contribution in [0, 0.1) is 6.92 Å². The molecule has 0 unspecified atom stereocenters. The van der Waals surface area contributed by atoms with Gasteiger partial charge < -0.3 is 15.0 Å². The highest BCUT2D eigenvalue weighted by Crippen LogP contribution is 2.13. The van der Waals surface area contributed by atoms with Gasteiger partial charge in [-0.2, -0.15) is 9.90 Å². The second-order valence-corrected chi connectivity index (χ2v) is 6.57. The van der Waals surface area contributed by atoms with Crippen molar-refractivity contribution in [1.82, 2.24) is 25.3 Å². The average molecular weight is 378 g/mol. The molecule has 4 rings (SSSR count). The van der Waals surface area contributed by atoms with Crippen LogP contribution in [0.15, 0.2) is 48.7 Å². The Hall–Kier alpha value is -3.26. The number of benzene rings is 1. The maximum Gasteiger partial charge on any atom is 0.274 e. The van der Waals surface area contributed by atoms with E-state index in [0.29, 0.717) is 17.9 Å². The number of aryl methyl sites for hydroxylation is 1. The summed E-state index contributed by atoms with van der Waals surface area (Å²) in [5.41, 5.74) is 2.65. The van der Waals surface area contributed by atoms with Crippen molar-refractivity contribution in [3.8, 4) is 5.69 Å². The Kier molecular flexibility index (Phi) is 5.29. The summed E-state index contributed by atoms with van der Waals surface area (Å²) >= 11 is 0. The highest BCUT2D eigenvalue weighted by atomic mass is 16.5. The predicted molar refractivity (Wildman–Crippen MR) is 105 cm³/mol. The molecule has 1 amide bonds. The van der Waals surface area contributed by atoms with E-state index in [4.69, 9.17) is 4.74 Å². The molecule has 1 aliphatic heterocycles. The lowest BCUT2D eigenvalue weighted by Gasteiger charge is -2.27. The molecule has 1 N–H and O–H groups in total. The number of aromatic nitrogens is 4. The molecule has 144 valence electrons. The number of ether oxygens (including phenoxy) is 1. The fourth-order valence-corrected chi connectivity index (χ4v) is 3.03. The lowest BCUT2D eigenvalue weighted by Crippen LogP contribution is -2.36. The smallest absolute Gasteiger partial charge is 0.274 e. The number of nitrogens with zero attached hydrogens (tertiary/aromatic N) is 5. The third kappa shape index (κ3) is 4.01. The number of hydrogen-bond acceptors (Lipinski definition) is 6. The Morgan fingerprint density at radius 2 is 1.89 bits per heavy atom. The van der Waals surface area contributed by atoms with Crippen LogP contribution in [-0.4, -0.2) is 52.2 Å². The third-order valence-electron chi connectivity index (χ3n) is 4.58. The third-order valence-corrected chi connectivity index (χ3v) is 4.58. The Bertz CT molecular complexity index is 933. The predicted octanol–water partition coefficient (Wildman–Crippen LogP) is 1.74. The van der Waals surface area contributed by atoms with E-state index in [1.165, 1.54) is 4.80 Å². The zero-order valence-electron chi connectivity index (χ0n) is 15.7. The number of nitrogens with one attached hydrogen (secondary N) is 1. The molecule has 1 aliphatic rings. The van der Waals surface area contributed by atoms with Crippen LogP contribution in [0.5, 0.6) is 0 Å². The number of morpholine rings is 1. The van der Waals surface area contributed by atoms with Crippen LogP contribution in [0.2, 0.25) is 0 Å². The molecule has 8 nitrogen and oxygen atoms in total. The zero-order valence-corrected chi connectivity index (χ0v) is 15.7. The summed E-state index contributed by atoms with van der Waals surface area (Å²) in [6.45, 7) is 5.30. The van der Waals surface area contributed by atoms with Crippen molar-refractivity contribution in [1.29, 1.82) is 0 Å². The van der Waals surface area contributed by atoms with Gasteiger partial charge in [0.05, 0.1) is 24.6 Å². The minimum Gasteiger partial charge on any atom is -0.378 e. The minimum absolute atomic E-state index is 0.253. The van der Waals surface area contributed by atoms with Crippen LogP contribution < -0.4 is 10.2 Å². The molecular formula is C20H22N6O2. The fraction of sp³-hybridized carbons (Fsp3) is 0.300. The van der Waals surface area contributed by atoms with Gasteiger partial charge in [0.2, 0.25) is 0 Å². The molecule has 2 aromatic heterocycles. The Morgan fingerprint density at radius 3 is 2.61 bits per heavy atom. The van der Waals surface area contributed by atoms with Gasteiger partial charge in [-0.1, -0.05) is 24.3 Å². The maximum atomic E-state index is 12.5. The molecule has 1 fully saturated rings. The average Bonchev–Trinajstić information content (AvgIpc) is 3.15. The van der Waals surface area contributed by atoms with E-state index in [1.54, 1.807) is 13.1 Å². The van der Waals surface area contributed by atoms with E-state index in [9.17, 15) is 4.79 Å². The van der Waals surface area contributed by atoms with Gasteiger partial charge in [0.1, 0.15) is 5.82 Å². The first-order valence-electron chi connectivity index (χ1n) is 9.26. The van der Waals surface area contributed by atoms with Gasteiger partial charge in [0, 0.05) is 25.8 Å². The summed E-state index contributed by atoms with van der Waals surface area (Å²) in [5.74, 6) is 0.678. The van der Waals surface area contributed by atoms with E-state index in [1.807, 2.05) is 42.5 Å². The quantitative estimate of drug-likeness (QED) is 0.728. The van der Waals surface area contributed by atoms with E-state index < -0.39 is 0 Å². The molecule has 0 spiro atoms. The van der Waals surface area contributed by atoms with Gasteiger partial charge in [-0.05, 0) is 30.7 Å². The summed E-state index contributed by atoms with van der Waals surface area (Å²) in [7, 11) is 0. The van der Waals surface area contributed by atoms with Crippen molar-refractivity contribution >= 4 is 11.7 Å². The monoisotopic (exact) mass is 378 g/mol. The lowest BCUT2D eigenvalue weighted by atomic mass is 10.2. The summed E-state index contributed by atoms with van der Waals surface area (Å²) in [6.07, 6.45) is 1.79. The van der Waals surface area contributed by atoms with Crippen LogP contribution in [0.1, 0.15) is 21.7 Å². The highest BCUT2D eigenvalue weighted by molar-refractivity contribution is 5.93. The first kappa shape index (κ1) is 18.1. The minimum atomic E-state index is -0.253. The Balaban J connectivity index is 1.38. The number of hydrogen-bond donors (Lipinski definition) is 1. The summed E-state index contributed by atoms with van der Waals surface area (Å²) in [5, 5.41) is 11.6. The number of carbonyl (C=O) groups excluding carboxylic acids is 1. The van der Waals surface area contributed by atoms with Crippen LogP contribution >= 0.6 is 0 Å². The SMILES string of the molecule is Cc1nn(-c2ccccc2)nc1C(=O)NCc1ccc(N2CCOCC2)nc1. The molecular weight excluding hydrogens is 356 g/mol. The largest absolute Gasteiger partial charge is 0.378 e. The van der Waals surface area contributed by atoms with Gasteiger partial charge in [-0.25, -0.2) is 4.98 Å². The summed E-state index contributed by atoms with van der Waals surface area (Å²) < 4.78 is 5.36. The standard InChI is InChI=1S/C20H22N6O2/c1-15-19(24-26(23-15)17-5-3-2-4-6-17)20(27)22-14-16-7-8-18(21-13-16)25-9-11-28-12-10-25/h2-8,13H,9-12,14H2,1H3,(H,22,27). The lowest BCUT2D eigenvalue weighted by molar-refractivity contribution is 0.0945. The molecule has 0 atom stereocenters. The molecule has 1 saturated heterocycles. The van der Waals surface area contributed by atoms with Crippen molar-refractivity contribution in [2.24, 2.45) is 0 Å². The molecule has 3 heterocycles. The first-order chi connectivity index (χ1) is 13.7. The second kappa shape index (κ2) is 8.18. The molecule has 1 aromatic carbocycles. The van der Waals surface area contributed by atoms with Gasteiger partial charge in [0.25, 0.3) is 5.91 Å². The van der Waals surface area contributed by atoms with Gasteiger partial charge in [0.15, 0.2) is 5.69 Å². The summed E-state index contributed by atoms with van der Waals surface area (Å²) in [6, 6.07) is 13.5. The van der Waals surface area contributed by atoms with E-state index >= 15 is 0 Å². The number of pyridine rings is 1. The molecule has 3 aromatic rings. The molecule has 0 saturated carbocycles. The number of amides is 1. The molecule has 0 radical (unpaired) electrons. The fourth-order valence-electron chi connectivity index (χ4n) is 3.03. The van der Waals surface area contributed by atoms with Crippen LogP contribution in [0.4, 0.5) is 5.82 Å². The number of para-hydroxylation sites is 1. The molecule has 0 bridgehead atoms. The maximum absolute atomic E-state index is 12.5. The van der Waals surface area contributed by atoms with Crippen molar-refractivity contribution in [3.05, 3.63) is 65.6 Å². The highest BCUT2D eigenvalue weighted by Gasteiger charge is 2.16. The Labute approximate surface area is 163 Å². The van der Waals surface area contributed by atoms with Crippen molar-refractivity contribution < 1.29 is 9.53 Å². The van der Waals surface area contributed by atoms with Crippen LogP contribution in [0.3, 0.4) is 0 Å². The van der Waals surface area contributed by atoms with E-state index in [2.05, 4.69) is 25.4 Å². The second-order valence-electron chi connectivity index (χ2n) is 6.57. The van der Waals surface area contributed by atoms with Gasteiger partial charge in [-0.15, -0.1) is 5.10 Å². The van der Waals surface area contributed by atoms with Crippen molar-refractivity contribution in [3.63, 3.8) is 0 Å². The number of carbonyl (C=O) groups is 1. The first-order valence-corrected chi connectivity index (χ1v) is 9.26. The van der Waals surface area contributed by atoms with E-state index in [0.717, 1.165) is 43.4 Å². The zero-order chi connectivity index (χ0) is 19.3. The van der Waals surface area contributed by atoms with Crippen LogP contribution in [-0.2, 0) is 11.3 Å². The normalized spacial score (nSPS) is 14.1.